The highest BCUT2D eigenvalue weighted by Crippen LogP contribution is 2.19. The summed E-state index contributed by atoms with van der Waals surface area (Å²) < 4.78 is 4.94. The van der Waals surface area contributed by atoms with Gasteiger partial charge >= 0.3 is 5.97 Å². The number of anilines is 1. The maximum atomic E-state index is 12.5. The molecule has 0 radical (unpaired) electrons. The van der Waals surface area contributed by atoms with Crippen LogP contribution in [0.1, 0.15) is 41.3 Å². The van der Waals surface area contributed by atoms with E-state index in [1.165, 1.54) is 5.56 Å². The number of benzene rings is 2. The number of nitrogens with zero attached hydrogens (tertiary/aromatic N) is 1. The molecule has 1 aliphatic rings. The molecular weight excluding hydrogens is 384 g/mol. The van der Waals surface area contributed by atoms with E-state index in [1.807, 2.05) is 12.1 Å². The van der Waals surface area contributed by atoms with Crippen molar-refractivity contribution in [1.29, 1.82) is 0 Å². The number of unbranched alkanes of at least 4 members (excludes halogenated alkanes) is 1. The number of carbonyl (C=O) groups is 4. The number of fused-ring (bicyclic) bond motifs is 1. The maximum Gasteiger partial charge on any atom is 0.326 e. The highest BCUT2D eigenvalue weighted by atomic mass is 16.5. The predicted octanol–water partition coefficient (Wildman–Crippen LogP) is 2.74. The van der Waals surface area contributed by atoms with Gasteiger partial charge in [0, 0.05) is 11.3 Å². The van der Waals surface area contributed by atoms with Crippen LogP contribution < -0.4 is 5.32 Å². The number of rotatable bonds is 8. The van der Waals surface area contributed by atoms with Crippen molar-refractivity contribution >= 4 is 29.4 Å². The number of nitrogens with one attached hydrogen (secondary N) is 1. The lowest BCUT2D eigenvalue weighted by Gasteiger charge is -2.25. The van der Waals surface area contributed by atoms with Crippen LogP contribution in [0.5, 0.6) is 0 Å². The van der Waals surface area contributed by atoms with E-state index in [1.54, 1.807) is 36.4 Å². The predicted molar refractivity (Wildman–Crippen MR) is 111 cm³/mol. The monoisotopic (exact) mass is 408 g/mol. The van der Waals surface area contributed by atoms with Gasteiger partial charge in [-0.1, -0.05) is 43.7 Å². The van der Waals surface area contributed by atoms with E-state index in [4.69, 9.17) is 4.74 Å². The molecular formula is C23H24N2O5. The van der Waals surface area contributed by atoms with E-state index < -0.39 is 36.8 Å². The first-order valence-corrected chi connectivity index (χ1v) is 9.95. The Balaban J connectivity index is 1.48. The van der Waals surface area contributed by atoms with Crippen molar-refractivity contribution in [2.24, 2.45) is 0 Å². The number of hydrogen-bond donors (Lipinski definition) is 1. The second-order valence-electron chi connectivity index (χ2n) is 7.13. The average Bonchev–Trinajstić information content (AvgIpc) is 2.75. The summed E-state index contributed by atoms with van der Waals surface area (Å²) in [6.07, 6.45) is 3.25. The molecule has 1 N–H and O–H groups in total. The summed E-state index contributed by atoms with van der Waals surface area (Å²) in [6, 6.07) is 14.3. The van der Waals surface area contributed by atoms with Crippen LogP contribution in [0.3, 0.4) is 0 Å². The van der Waals surface area contributed by atoms with Crippen LogP contribution in [0.4, 0.5) is 5.69 Å². The van der Waals surface area contributed by atoms with Gasteiger partial charge in [-0.15, -0.1) is 0 Å². The second-order valence-corrected chi connectivity index (χ2v) is 7.13. The third-order valence-electron chi connectivity index (χ3n) is 4.84. The molecule has 0 fully saturated rings. The minimum Gasteiger partial charge on any atom is -0.454 e. The van der Waals surface area contributed by atoms with E-state index in [0.717, 1.165) is 24.2 Å². The molecule has 1 aliphatic heterocycles. The van der Waals surface area contributed by atoms with E-state index in [-0.39, 0.29) is 6.42 Å². The number of amides is 3. The van der Waals surface area contributed by atoms with Crippen LogP contribution in [0.25, 0.3) is 0 Å². The zero-order valence-corrected chi connectivity index (χ0v) is 16.8. The summed E-state index contributed by atoms with van der Waals surface area (Å²) in [5.74, 6) is -2.32. The van der Waals surface area contributed by atoms with Crippen LogP contribution >= 0.6 is 0 Å². The molecule has 0 aromatic heterocycles. The molecule has 7 nitrogen and oxygen atoms in total. The third-order valence-corrected chi connectivity index (χ3v) is 4.84. The largest absolute Gasteiger partial charge is 0.454 e. The second kappa shape index (κ2) is 9.82. The molecule has 3 amide bonds. The molecule has 0 unspecified atom stereocenters. The molecule has 0 aliphatic carbocycles. The average molecular weight is 408 g/mol. The zero-order valence-electron chi connectivity index (χ0n) is 16.8. The fraction of sp³-hybridized carbons (Fsp3) is 0.304. The highest BCUT2D eigenvalue weighted by molar-refractivity contribution is 6.11. The third kappa shape index (κ3) is 5.31. The normalized spacial score (nSPS) is 13.0. The molecule has 0 bridgehead atoms. The van der Waals surface area contributed by atoms with Crippen molar-refractivity contribution in [1.82, 2.24) is 4.90 Å². The topological polar surface area (TPSA) is 92.8 Å². The van der Waals surface area contributed by atoms with Crippen molar-refractivity contribution in [3.05, 3.63) is 65.2 Å². The van der Waals surface area contributed by atoms with Gasteiger partial charge in [-0.3, -0.25) is 24.1 Å². The molecule has 3 rings (SSSR count). The van der Waals surface area contributed by atoms with Gasteiger partial charge in [0.15, 0.2) is 6.61 Å². The van der Waals surface area contributed by atoms with Gasteiger partial charge in [-0.2, -0.15) is 0 Å². The van der Waals surface area contributed by atoms with Crippen molar-refractivity contribution in [3.63, 3.8) is 0 Å². The van der Waals surface area contributed by atoms with Crippen molar-refractivity contribution in [2.75, 3.05) is 18.5 Å². The van der Waals surface area contributed by atoms with E-state index in [0.29, 0.717) is 16.8 Å². The van der Waals surface area contributed by atoms with Gasteiger partial charge in [0.05, 0.1) is 6.42 Å². The lowest BCUT2D eigenvalue weighted by molar-refractivity contribution is -0.150. The molecule has 1 heterocycles. The summed E-state index contributed by atoms with van der Waals surface area (Å²) in [6.45, 7) is 1.11. The fourth-order valence-electron chi connectivity index (χ4n) is 3.21. The van der Waals surface area contributed by atoms with Gasteiger partial charge in [-0.05, 0) is 42.2 Å². The Kier molecular flexibility index (Phi) is 6.95. The molecule has 7 heteroatoms. The van der Waals surface area contributed by atoms with Gasteiger partial charge in [0.2, 0.25) is 5.91 Å². The molecule has 2 aromatic rings. The number of imide groups is 1. The summed E-state index contributed by atoms with van der Waals surface area (Å²) in [5.41, 5.74) is 2.83. The number of carbonyl (C=O) groups excluding carboxylic acids is 4. The first-order valence-electron chi connectivity index (χ1n) is 9.95. The minimum atomic E-state index is -0.818. The number of ether oxygens (including phenoxy) is 1. The standard InChI is InChI=1S/C23H24N2O5/c1-2-3-6-16-9-11-18(12-10-16)24-20(26)15-30-22(28)14-25-21(27)13-17-7-4-5-8-19(17)23(25)29/h4-5,7-12H,2-3,6,13-15H2,1H3,(H,24,26). The summed E-state index contributed by atoms with van der Waals surface area (Å²) in [4.78, 5) is 49.6. The van der Waals surface area contributed by atoms with E-state index in [2.05, 4.69) is 12.2 Å². The SMILES string of the molecule is CCCCc1ccc(NC(=O)COC(=O)CN2C(=O)Cc3ccccc3C2=O)cc1. The first kappa shape index (κ1) is 21.2. The molecule has 0 atom stereocenters. The number of hydrogen-bond acceptors (Lipinski definition) is 5. The van der Waals surface area contributed by atoms with Gasteiger partial charge in [-0.25, -0.2) is 0 Å². The lowest BCUT2D eigenvalue weighted by atomic mass is 9.98. The molecule has 0 saturated heterocycles. The Morgan fingerprint density at radius 1 is 1.07 bits per heavy atom. The van der Waals surface area contributed by atoms with Crippen molar-refractivity contribution in [3.8, 4) is 0 Å². The Bertz CT molecular complexity index is 952. The minimum absolute atomic E-state index is 0.0456. The van der Waals surface area contributed by atoms with E-state index >= 15 is 0 Å². The number of esters is 1. The molecule has 0 saturated carbocycles. The lowest BCUT2D eigenvalue weighted by Crippen LogP contribution is -2.45. The zero-order chi connectivity index (χ0) is 21.5. The van der Waals surface area contributed by atoms with Crippen molar-refractivity contribution in [2.45, 2.75) is 32.6 Å². The van der Waals surface area contributed by atoms with Gasteiger partial charge in [0.25, 0.3) is 11.8 Å². The smallest absolute Gasteiger partial charge is 0.326 e. The Morgan fingerprint density at radius 3 is 2.53 bits per heavy atom. The Hall–Kier alpha value is -3.48. The molecule has 156 valence electrons. The molecule has 30 heavy (non-hydrogen) atoms. The highest BCUT2D eigenvalue weighted by Gasteiger charge is 2.32. The maximum absolute atomic E-state index is 12.5. The number of aryl methyl sites for hydroxylation is 1. The summed E-state index contributed by atoms with van der Waals surface area (Å²) in [5, 5.41) is 2.65. The molecule has 2 aromatic carbocycles. The van der Waals surface area contributed by atoms with Crippen molar-refractivity contribution < 1.29 is 23.9 Å². The van der Waals surface area contributed by atoms with Crippen LogP contribution in [-0.2, 0) is 32.0 Å². The quantitative estimate of drug-likeness (QED) is 0.536. The van der Waals surface area contributed by atoms with Crippen LogP contribution in [0, 0.1) is 0 Å². The summed E-state index contributed by atoms with van der Waals surface area (Å²) in [7, 11) is 0. The van der Waals surface area contributed by atoms with Crippen LogP contribution in [0.15, 0.2) is 48.5 Å². The molecule has 0 spiro atoms. The Labute approximate surface area is 175 Å². The Morgan fingerprint density at radius 2 is 1.80 bits per heavy atom. The summed E-state index contributed by atoms with van der Waals surface area (Å²) >= 11 is 0. The fourth-order valence-corrected chi connectivity index (χ4v) is 3.21. The van der Waals surface area contributed by atoms with Crippen LogP contribution in [0.2, 0.25) is 0 Å². The van der Waals surface area contributed by atoms with Crippen LogP contribution in [-0.4, -0.2) is 41.7 Å². The van der Waals surface area contributed by atoms with Gasteiger partial charge < -0.3 is 10.1 Å². The first-order chi connectivity index (χ1) is 14.5. The van der Waals surface area contributed by atoms with Gasteiger partial charge in [0.1, 0.15) is 6.54 Å². The van der Waals surface area contributed by atoms with E-state index in [9.17, 15) is 19.2 Å².